The van der Waals surface area contributed by atoms with Crippen molar-refractivity contribution in [1.82, 2.24) is 0 Å². The lowest BCUT2D eigenvalue weighted by Gasteiger charge is -2.28. The highest BCUT2D eigenvalue weighted by atomic mass is 16.4. The van der Waals surface area contributed by atoms with Gasteiger partial charge in [-0.2, -0.15) is 0 Å². The third kappa shape index (κ3) is 7.00. The first-order chi connectivity index (χ1) is 14.7. The van der Waals surface area contributed by atoms with Gasteiger partial charge in [0, 0.05) is 0 Å². The second kappa shape index (κ2) is 11.9. The van der Waals surface area contributed by atoms with E-state index in [1.807, 2.05) is 12.1 Å². The summed E-state index contributed by atoms with van der Waals surface area (Å²) in [6.07, 6.45) is 16.7. The Morgan fingerprint density at radius 2 is 1.50 bits per heavy atom. The van der Waals surface area contributed by atoms with E-state index in [4.69, 9.17) is 0 Å². The molecule has 1 fully saturated rings. The molecule has 2 aromatic rings. The fourth-order valence-electron chi connectivity index (χ4n) is 4.91. The van der Waals surface area contributed by atoms with Crippen LogP contribution in [-0.2, 0) is 6.42 Å². The van der Waals surface area contributed by atoms with Crippen LogP contribution in [0.15, 0.2) is 48.5 Å². The minimum Gasteiger partial charge on any atom is -0.478 e. The van der Waals surface area contributed by atoms with E-state index in [9.17, 15) is 9.90 Å². The molecule has 2 nitrogen and oxygen atoms in total. The predicted molar refractivity (Wildman–Crippen MR) is 126 cm³/mol. The van der Waals surface area contributed by atoms with E-state index < -0.39 is 5.97 Å². The number of carbonyl (C=O) groups is 1. The number of aryl methyl sites for hydroxylation is 1. The van der Waals surface area contributed by atoms with Gasteiger partial charge in [0.1, 0.15) is 0 Å². The second-order valence-corrected chi connectivity index (χ2v) is 9.21. The minimum absolute atomic E-state index is 0.341. The van der Waals surface area contributed by atoms with Crippen molar-refractivity contribution in [1.29, 1.82) is 0 Å². The fourth-order valence-corrected chi connectivity index (χ4v) is 4.91. The average molecular weight is 407 g/mol. The maximum absolute atomic E-state index is 11.2. The van der Waals surface area contributed by atoms with Gasteiger partial charge in [0.15, 0.2) is 0 Å². The molecule has 162 valence electrons. The molecule has 0 aliphatic heterocycles. The summed E-state index contributed by atoms with van der Waals surface area (Å²) in [6, 6.07) is 15.9. The van der Waals surface area contributed by atoms with E-state index in [0.717, 1.165) is 29.4 Å². The van der Waals surface area contributed by atoms with E-state index in [0.29, 0.717) is 5.56 Å². The van der Waals surface area contributed by atoms with Crippen LogP contribution in [0.2, 0.25) is 0 Å². The standard InChI is InChI=1S/C28H38O2/c1-2-3-4-5-6-8-22-11-13-23(14-12-22)15-16-24-17-19-25(20-18-24)26-9-7-10-27(21-26)28(29)30/h7,9-10,17-23H,2-6,8,11-16H2,1H3,(H,29,30). The first-order valence-corrected chi connectivity index (χ1v) is 12.1. The van der Waals surface area contributed by atoms with Crippen LogP contribution in [0.4, 0.5) is 0 Å². The Morgan fingerprint density at radius 1 is 0.833 bits per heavy atom. The van der Waals surface area contributed by atoms with Gasteiger partial charge in [-0.15, -0.1) is 0 Å². The molecule has 1 saturated carbocycles. The van der Waals surface area contributed by atoms with Crippen LogP contribution >= 0.6 is 0 Å². The lowest BCUT2D eigenvalue weighted by molar-refractivity contribution is 0.0697. The fraction of sp³-hybridized carbons (Fsp3) is 0.536. The van der Waals surface area contributed by atoms with Crippen LogP contribution < -0.4 is 0 Å². The van der Waals surface area contributed by atoms with Crippen LogP contribution in [0.5, 0.6) is 0 Å². The van der Waals surface area contributed by atoms with Gasteiger partial charge in [-0.05, 0) is 53.5 Å². The van der Waals surface area contributed by atoms with Crippen LogP contribution in [0.3, 0.4) is 0 Å². The number of carboxylic acid groups (broad SMARTS) is 1. The lowest BCUT2D eigenvalue weighted by Crippen LogP contribution is -2.15. The summed E-state index contributed by atoms with van der Waals surface area (Å²) in [7, 11) is 0. The van der Waals surface area contributed by atoms with Crippen molar-refractivity contribution in [2.75, 3.05) is 0 Å². The first-order valence-electron chi connectivity index (χ1n) is 12.1. The minimum atomic E-state index is -0.875. The van der Waals surface area contributed by atoms with Gasteiger partial charge in [-0.1, -0.05) is 108 Å². The van der Waals surface area contributed by atoms with Crippen molar-refractivity contribution in [3.63, 3.8) is 0 Å². The zero-order valence-corrected chi connectivity index (χ0v) is 18.6. The molecule has 0 amide bonds. The molecule has 2 aromatic carbocycles. The first kappa shape index (κ1) is 22.6. The van der Waals surface area contributed by atoms with Gasteiger partial charge >= 0.3 is 5.97 Å². The molecule has 0 spiro atoms. The summed E-state index contributed by atoms with van der Waals surface area (Å²) in [4.78, 5) is 11.2. The smallest absolute Gasteiger partial charge is 0.335 e. The number of unbranched alkanes of at least 4 members (excludes halogenated alkanes) is 4. The molecule has 1 N–H and O–H groups in total. The van der Waals surface area contributed by atoms with E-state index in [1.54, 1.807) is 12.1 Å². The Labute approximate surface area is 182 Å². The lowest BCUT2D eigenvalue weighted by atomic mass is 9.77. The van der Waals surface area contributed by atoms with Crippen LogP contribution in [-0.4, -0.2) is 11.1 Å². The topological polar surface area (TPSA) is 37.3 Å². The molecule has 0 radical (unpaired) electrons. The zero-order chi connectivity index (χ0) is 21.2. The summed E-state index contributed by atoms with van der Waals surface area (Å²) in [5, 5.41) is 9.18. The SMILES string of the molecule is CCCCCCCC1CCC(CCc2ccc(-c3cccc(C(=O)O)c3)cc2)CC1. The Hall–Kier alpha value is -2.09. The number of hydrogen-bond acceptors (Lipinski definition) is 1. The molecule has 0 aromatic heterocycles. The highest BCUT2D eigenvalue weighted by Gasteiger charge is 2.20. The normalized spacial score (nSPS) is 19.0. The van der Waals surface area contributed by atoms with Crippen molar-refractivity contribution in [3.05, 3.63) is 59.7 Å². The van der Waals surface area contributed by atoms with Crippen molar-refractivity contribution in [2.45, 2.75) is 84.0 Å². The number of benzene rings is 2. The molecule has 3 rings (SSSR count). The Bertz CT molecular complexity index is 769. The van der Waals surface area contributed by atoms with E-state index in [2.05, 4.69) is 31.2 Å². The maximum Gasteiger partial charge on any atom is 0.335 e. The molecule has 0 bridgehead atoms. The van der Waals surface area contributed by atoms with Gasteiger partial charge < -0.3 is 5.11 Å². The largest absolute Gasteiger partial charge is 0.478 e. The monoisotopic (exact) mass is 406 g/mol. The van der Waals surface area contributed by atoms with Crippen molar-refractivity contribution in [3.8, 4) is 11.1 Å². The molecule has 0 atom stereocenters. The molecule has 30 heavy (non-hydrogen) atoms. The van der Waals surface area contributed by atoms with Gasteiger partial charge in [0.05, 0.1) is 5.56 Å². The predicted octanol–water partition coefficient (Wildman–Crippen LogP) is 8.15. The third-order valence-corrected chi connectivity index (χ3v) is 6.92. The van der Waals surface area contributed by atoms with Crippen LogP contribution in [0, 0.1) is 11.8 Å². The average Bonchev–Trinajstić information content (AvgIpc) is 2.79. The Kier molecular flexibility index (Phi) is 8.99. The van der Waals surface area contributed by atoms with E-state index in [-0.39, 0.29) is 0 Å². The number of hydrogen-bond donors (Lipinski definition) is 1. The van der Waals surface area contributed by atoms with E-state index in [1.165, 1.54) is 76.2 Å². The van der Waals surface area contributed by atoms with Gasteiger partial charge in [-0.3, -0.25) is 0 Å². The Morgan fingerprint density at radius 3 is 2.17 bits per heavy atom. The van der Waals surface area contributed by atoms with Crippen molar-refractivity contribution in [2.24, 2.45) is 11.8 Å². The molecular weight excluding hydrogens is 368 g/mol. The summed E-state index contributed by atoms with van der Waals surface area (Å²) in [5.74, 6) is 1.01. The highest BCUT2D eigenvalue weighted by Crippen LogP contribution is 2.34. The third-order valence-electron chi connectivity index (χ3n) is 6.92. The molecule has 2 heteroatoms. The van der Waals surface area contributed by atoms with Gasteiger partial charge in [0.25, 0.3) is 0 Å². The second-order valence-electron chi connectivity index (χ2n) is 9.21. The molecule has 0 heterocycles. The zero-order valence-electron chi connectivity index (χ0n) is 18.6. The van der Waals surface area contributed by atoms with E-state index >= 15 is 0 Å². The van der Waals surface area contributed by atoms with Gasteiger partial charge in [0.2, 0.25) is 0 Å². The highest BCUT2D eigenvalue weighted by molar-refractivity contribution is 5.89. The van der Waals surface area contributed by atoms with Crippen LogP contribution in [0.25, 0.3) is 11.1 Å². The summed E-state index contributed by atoms with van der Waals surface area (Å²) >= 11 is 0. The summed E-state index contributed by atoms with van der Waals surface area (Å²) < 4.78 is 0. The number of carboxylic acids is 1. The van der Waals surface area contributed by atoms with Gasteiger partial charge in [-0.25, -0.2) is 4.79 Å². The maximum atomic E-state index is 11.2. The molecule has 1 aliphatic rings. The number of aromatic carboxylic acids is 1. The van der Waals surface area contributed by atoms with Crippen molar-refractivity contribution < 1.29 is 9.90 Å². The van der Waals surface area contributed by atoms with Crippen LogP contribution in [0.1, 0.15) is 93.5 Å². The number of rotatable bonds is 11. The summed E-state index contributed by atoms with van der Waals surface area (Å²) in [5.41, 5.74) is 3.79. The Balaban J connectivity index is 1.40. The van der Waals surface area contributed by atoms with Crippen molar-refractivity contribution >= 4 is 5.97 Å². The molecule has 0 saturated heterocycles. The quantitative estimate of drug-likeness (QED) is 0.382. The molecule has 1 aliphatic carbocycles. The molecular formula is C28H38O2. The summed E-state index contributed by atoms with van der Waals surface area (Å²) in [6.45, 7) is 2.29. The molecule has 0 unspecified atom stereocenters.